The summed E-state index contributed by atoms with van der Waals surface area (Å²) < 4.78 is 29.1. The Morgan fingerprint density at radius 3 is 2.44 bits per heavy atom. The summed E-state index contributed by atoms with van der Waals surface area (Å²) in [5.74, 6) is 0.238. The second-order valence-corrected chi connectivity index (χ2v) is 3.89. The zero-order chi connectivity index (χ0) is 13.5. The van der Waals surface area contributed by atoms with Crippen molar-refractivity contribution in [3.8, 4) is 5.75 Å². The first-order valence-electron chi connectivity index (χ1n) is 5.75. The van der Waals surface area contributed by atoms with E-state index in [-0.39, 0.29) is 18.1 Å². The Kier molecular flexibility index (Phi) is 6.04. The smallest absolute Gasteiger partial charge is 0.169 e. The maximum absolute atomic E-state index is 13.8. The standard InChI is InChI=1S/C13H20FNO3/c1-9(15-8-12(17-3)18-4)13-10(14)6-5-7-11(13)16-2/h5-7,9,12,15H,8H2,1-4H3. The molecule has 0 saturated carbocycles. The number of nitrogens with one attached hydrogen (secondary N) is 1. The Bertz CT molecular complexity index is 369. The van der Waals surface area contributed by atoms with E-state index in [0.29, 0.717) is 17.9 Å². The number of ether oxygens (including phenoxy) is 3. The fourth-order valence-electron chi connectivity index (χ4n) is 1.75. The molecule has 0 bridgehead atoms. The molecule has 18 heavy (non-hydrogen) atoms. The van der Waals surface area contributed by atoms with Crippen LogP contribution in [0.15, 0.2) is 18.2 Å². The number of hydrogen-bond donors (Lipinski definition) is 1. The van der Waals surface area contributed by atoms with Gasteiger partial charge in [0.2, 0.25) is 0 Å². The van der Waals surface area contributed by atoms with Crippen LogP contribution in [-0.2, 0) is 9.47 Å². The highest BCUT2D eigenvalue weighted by molar-refractivity contribution is 5.36. The van der Waals surface area contributed by atoms with Gasteiger partial charge in [0.15, 0.2) is 6.29 Å². The number of methoxy groups -OCH3 is 3. The van der Waals surface area contributed by atoms with Crippen molar-refractivity contribution >= 4 is 0 Å². The largest absolute Gasteiger partial charge is 0.496 e. The van der Waals surface area contributed by atoms with Crippen LogP contribution in [0.2, 0.25) is 0 Å². The molecule has 1 aromatic carbocycles. The lowest BCUT2D eigenvalue weighted by Gasteiger charge is -2.20. The minimum absolute atomic E-state index is 0.200. The quantitative estimate of drug-likeness (QED) is 0.759. The van der Waals surface area contributed by atoms with Crippen LogP contribution >= 0.6 is 0 Å². The fraction of sp³-hybridized carbons (Fsp3) is 0.538. The van der Waals surface area contributed by atoms with Gasteiger partial charge in [0, 0.05) is 32.4 Å². The minimum atomic E-state index is -0.356. The summed E-state index contributed by atoms with van der Waals surface area (Å²) >= 11 is 0. The van der Waals surface area contributed by atoms with Crippen molar-refractivity contribution in [3.63, 3.8) is 0 Å². The molecular formula is C13H20FNO3. The van der Waals surface area contributed by atoms with Gasteiger partial charge in [-0.25, -0.2) is 4.39 Å². The molecule has 1 rings (SSSR count). The van der Waals surface area contributed by atoms with Crippen molar-refractivity contribution in [1.29, 1.82) is 0 Å². The average Bonchev–Trinajstić information content (AvgIpc) is 2.39. The SMILES string of the molecule is COc1cccc(F)c1C(C)NCC(OC)OC. The van der Waals surface area contributed by atoms with Crippen molar-refractivity contribution in [3.05, 3.63) is 29.6 Å². The molecule has 0 aliphatic heterocycles. The van der Waals surface area contributed by atoms with E-state index in [9.17, 15) is 4.39 Å². The van der Waals surface area contributed by atoms with E-state index in [4.69, 9.17) is 14.2 Å². The summed E-state index contributed by atoms with van der Waals surface area (Å²) in [4.78, 5) is 0. The number of halogens is 1. The van der Waals surface area contributed by atoms with Gasteiger partial charge < -0.3 is 19.5 Å². The number of hydrogen-bond acceptors (Lipinski definition) is 4. The maximum Gasteiger partial charge on any atom is 0.169 e. The third kappa shape index (κ3) is 3.66. The van der Waals surface area contributed by atoms with Gasteiger partial charge in [0.05, 0.1) is 7.11 Å². The van der Waals surface area contributed by atoms with E-state index in [2.05, 4.69) is 5.32 Å². The van der Waals surface area contributed by atoms with E-state index in [1.807, 2.05) is 6.92 Å². The Hall–Kier alpha value is -1.17. The molecule has 0 aliphatic carbocycles. The van der Waals surface area contributed by atoms with Crippen molar-refractivity contribution < 1.29 is 18.6 Å². The predicted octanol–water partition coefficient (Wildman–Crippen LogP) is 2.10. The minimum Gasteiger partial charge on any atom is -0.496 e. The molecule has 0 amide bonds. The van der Waals surface area contributed by atoms with Gasteiger partial charge in [-0.3, -0.25) is 0 Å². The van der Waals surface area contributed by atoms with Gasteiger partial charge in [-0.15, -0.1) is 0 Å². The van der Waals surface area contributed by atoms with Crippen molar-refractivity contribution in [2.24, 2.45) is 0 Å². The first-order chi connectivity index (χ1) is 8.63. The number of benzene rings is 1. The van der Waals surface area contributed by atoms with E-state index in [1.165, 1.54) is 13.2 Å². The monoisotopic (exact) mass is 257 g/mol. The molecule has 102 valence electrons. The molecule has 0 aromatic heterocycles. The molecule has 1 atom stereocenters. The Morgan fingerprint density at radius 2 is 1.89 bits per heavy atom. The maximum atomic E-state index is 13.8. The van der Waals surface area contributed by atoms with Gasteiger partial charge >= 0.3 is 0 Å². The van der Waals surface area contributed by atoms with Crippen LogP contribution in [0.4, 0.5) is 4.39 Å². The number of rotatable bonds is 7. The molecule has 0 fully saturated rings. The highest BCUT2D eigenvalue weighted by atomic mass is 19.1. The zero-order valence-corrected chi connectivity index (χ0v) is 11.2. The van der Waals surface area contributed by atoms with Crippen molar-refractivity contribution in [2.45, 2.75) is 19.3 Å². The van der Waals surface area contributed by atoms with Crippen LogP contribution in [0.3, 0.4) is 0 Å². The highest BCUT2D eigenvalue weighted by Gasteiger charge is 2.17. The van der Waals surface area contributed by atoms with Crippen LogP contribution in [0.1, 0.15) is 18.5 Å². The highest BCUT2D eigenvalue weighted by Crippen LogP contribution is 2.27. The molecule has 0 aliphatic rings. The molecule has 0 saturated heterocycles. The van der Waals surface area contributed by atoms with Crippen LogP contribution in [0, 0.1) is 5.82 Å². The predicted molar refractivity (Wildman–Crippen MR) is 67.2 cm³/mol. The summed E-state index contributed by atoms with van der Waals surface area (Å²) in [6.07, 6.45) is -0.356. The third-order valence-corrected chi connectivity index (χ3v) is 2.78. The Morgan fingerprint density at radius 1 is 1.22 bits per heavy atom. The summed E-state index contributed by atoms with van der Waals surface area (Å²) in [5.41, 5.74) is 0.506. The normalized spacial score (nSPS) is 12.8. The lowest BCUT2D eigenvalue weighted by molar-refractivity contribution is -0.0998. The van der Waals surface area contributed by atoms with Crippen LogP contribution < -0.4 is 10.1 Å². The van der Waals surface area contributed by atoms with E-state index < -0.39 is 0 Å². The first-order valence-corrected chi connectivity index (χ1v) is 5.75. The van der Waals surface area contributed by atoms with E-state index >= 15 is 0 Å². The Balaban J connectivity index is 2.74. The summed E-state index contributed by atoms with van der Waals surface area (Å²) in [5, 5.41) is 3.15. The molecule has 0 heterocycles. The van der Waals surface area contributed by atoms with Gasteiger partial charge in [-0.2, -0.15) is 0 Å². The molecule has 1 aromatic rings. The summed E-state index contributed by atoms with van der Waals surface area (Å²) in [7, 11) is 4.65. The van der Waals surface area contributed by atoms with Gasteiger partial charge in [0.1, 0.15) is 11.6 Å². The second-order valence-electron chi connectivity index (χ2n) is 3.89. The average molecular weight is 257 g/mol. The molecule has 5 heteroatoms. The van der Waals surface area contributed by atoms with Crippen LogP contribution in [0.5, 0.6) is 5.75 Å². The topological polar surface area (TPSA) is 39.7 Å². The summed E-state index contributed by atoms with van der Waals surface area (Å²) in [6.45, 7) is 2.33. The molecule has 4 nitrogen and oxygen atoms in total. The van der Waals surface area contributed by atoms with Gasteiger partial charge in [0.25, 0.3) is 0 Å². The molecule has 1 N–H and O–H groups in total. The van der Waals surface area contributed by atoms with Crippen molar-refractivity contribution in [2.75, 3.05) is 27.9 Å². The van der Waals surface area contributed by atoms with Crippen LogP contribution in [-0.4, -0.2) is 34.2 Å². The zero-order valence-electron chi connectivity index (χ0n) is 11.2. The first kappa shape index (κ1) is 14.9. The summed E-state index contributed by atoms with van der Waals surface area (Å²) in [6, 6.07) is 4.58. The Labute approximate surface area is 107 Å². The molecule has 0 spiro atoms. The van der Waals surface area contributed by atoms with Crippen LogP contribution in [0.25, 0.3) is 0 Å². The molecular weight excluding hydrogens is 237 g/mol. The second kappa shape index (κ2) is 7.31. The van der Waals surface area contributed by atoms with E-state index in [0.717, 1.165) is 0 Å². The van der Waals surface area contributed by atoms with Crippen molar-refractivity contribution in [1.82, 2.24) is 5.32 Å². The van der Waals surface area contributed by atoms with Gasteiger partial charge in [-0.05, 0) is 19.1 Å². The fourth-order valence-corrected chi connectivity index (χ4v) is 1.75. The lowest BCUT2D eigenvalue weighted by Crippen LogP contribution is -2.32. The molecule has 0 radical (unpaired) electrons. The van der Waals surface area contributed by atoms with Gasteiger partial charge in [-0.1, -0.05) is 6.07 Å². The van der Waals surface area contributed by atoms with E-state index in [1.54, 1.807) is 26.4 Å². The lowest BCUT2D eigenvalue weighted by atomic mass is 10.1. The third-order valence-electron chi connectivity index (χ3n) is 2.78. The molecule has 1 unspecified atom stereocenters.